The van der Waals surface area contributed by atoms with Crippen LogP contribution in [0.5, 0.6) is 0 Å². The summed E-state index contributed by atoms with van der Waals surface area (Å²) in [5.41, 5.74) is 1.95. The summed E-state index contributed by atoms with van der Waals surface area (Å²) >= 11 is 0. The molecule has 0 radical (unpaired) electrons. The fourth-order valence-corrected chi connectivity index (χ4v) is 3.51. The Morgan fingerprint density at radius 1 is 1.12 bits per heavy atom. The largest absolute Gasteiger partial charge is 0.380 e. The van der Waals surface area contributed by atoms with E-state index in [0.29, 0.717) is 11.6 Å². The Bertz CT molecular complexity index is 656. The van der Waals surface area contributed by atoms with Gasteiger partial charge in [0.1, 0.15) is 5.82 Å². The first-order chi connectivity index (χ1) is 11.8. The van der Waals surface area contributed by atoms with Gasteiger partial charge in [0.2, 0.25) is 0 Å². The molecule has 3 heteroatoms. The molecule has 0 bridgehead atoms. The number of rotatable bonds is 6. The normalized spacial score (nSPS) is 21.4. The summed E-state index contributed by atoms with van der Waals surface area (Å²) in [6.45, 7) is 6.91. The van der Waals surface area contributed by atoms with Gasteiger partial charge in [-0.3, -0.25) is 4.90 Å². The summed E-state index contributed by atoms with van der Waals surface area (Å²) in [7, 11) is 0. The molecule has 2 atom stereocenters. The lowest BCUT2D eigenvalue weighted by Gasteiger charge is -2.39. The van der Waals surface area contributed by atoms with Crippen LogP contribution in [0.15, 0.2) is 67.3 Å². The van der Waals surface area contributed by atoms with Crippen LogP contribution in [-0.4, -0.2) is 24.0 Å². The third kappa shape index (κ3) is 4.24. The molecular formula is C21H25FN2. The second kappa shape index (κ2) is 8.11. The highest BCUT2D eigenvalue weighted by Gasteiger charge is 2.28. The van der Waals surface area contributed by atoms with Crippen molar-refractivity contribution in [2.24, 2.45) is 5.92 Å². The topological polar surface area (TPSA) is 15.3 Å². The predicted molar refractivity (Wildman–Crippen MR) is 98.5 cm³/mol. The van der Waals surface area contributed by atoms with Crippen molar-refractivity contribution in [1.82, 2.24) is 4.90 Å². The summed E-state index contributed by atoms with van der Waals surface area (Å²) in [4.78, 5) is 2.49. The van der Waals surface area contributed by atoms with Crippen molar-refractivity contribution in [3.05, 3.63) is 78.6 Å². The van der Waals surface area contributed by atoms with Gasteiger partial charge in [-0.25, -0.2) is 4.39 Å². The van der Waals surface area contributed by atoms with Gasteiger partial charge in [0.05, 0.1) is 5.69 Å². The summed E-state index contributed by atoms with van der Waals surface area (Å²) in [6.07, 6.45) is 3.93. The highest BCUT2D eigenvalue weighted by atomic mass is 19.1. The van der Waals surface area contributed by atoms with Crippen molar-refractivity contribution >= 4 is 5.69 Å². The maximum absolute atomic E-state index is 13.9. The molecule has 2 aromatic carbocycles. The molecule has 1 N–H and O–H groups in total. The molecule has 2 unspecified atom stereocenters. The number of piperidine rings is 1. The van der Waals surface area contributed by atoms with E-state index in [-0.39, 0.29) is 11.9 Å². The van der Waals surface area contributed by atoms with E-state index in [2.05, 4.69) is 47.1 Å². The van der Waals surface area contributed by atoms with Crippen LogP contribution in [-0.2, 0) is 6.54 Å². The van der Waals surface area contributed by atoms with Crippen LogP contribution in [0.4, 0.5) is 10.1 Å². The number of nitrogens with one attached hydrogen (secondary N) is 1. The number of anilines is 1. The first-order valence-electron chi connectivity index (χ1n) is 8.64. The predicted octanol–water partition coefficient (Wildman–Crippen LogP) is 4.70. The lowest BCUT2D eigenvalue weighted by molar-refractivity contribution is 0.156. The van der Waals surface area contributed by atoms with E-state index in [0.717, 1.165) is 32.5 Å². The van der Waals surface area contributed by atoms with Crippen molar-refractivity contribution in [3.63, 3.8) is 0 Å². The van der Waals surface area contributed by atoms with Gasteiger partial charge in [-0.05, 0) is 36.5 Å². The number of allylic oxidation sites excluding steroid dienone is 1. The van der Waals surface area contributed by atoms with Gasteiger partial charge in [-0.2, -0.15) is 0 Å². The van der Waals surface area contributed by atoms with E-state index in [4.69, 9.17) is 0 Å². The fraction of sp³-hybridized carbons (Fsp3) is 0.333. The smallest absolute Gasteiger partial charge is 0.146 e. The minimum Gasteiger partial charge on any atom is -0.380 e. The molecule has 0 amide bonds. The van der Waals surface area contributed by atoms with E-state index in [1.54, 1.807) is 6.07 Å². The molecular weight excluding hydrogens is 299 g/mol. The van der Waals surface area contributed by atoms with Crippen LogP contribution in [0, 0.1) is 11.7 Å². The van der Waals surface area contributed by atoms with E-state index in [9.17, 15) is 4.39 Å². The number of likely N-dealkylation sites (tertiary alicyclic amines) is 1. The van der Waals surface area contributed by atoms with Crippen LogP contribution in [0.25, 0.3) is 0 Å². The average molecular weight is 324 g/mol. The van der Waals surface area contributed by atoms with Crippen LogP contribution in [0.2, 0.25) is 0 Å². The molecule has 0 spiro atoms. The molecule has 1 saturated heterocycles. The van der Waals surface area contributed by atoms with E-state index < -0.39 is 0 Å². The second-order valence-corrected chi connectivity index (χ2v) is 6.52. The molecule has 2 aromatic rings. The molecule has 2 nitrogen and oxygen atoms in total. The molecule has 0 aromatic heterocycles. The zero-order valence-electron chi connectivity index (χ0n) is 14.0. The number of hydrogen-bond acceptors (Lipinski definition) is 2. The summed E-state index contributed by atoms with van der Waals surface area (Å²) in [6, 6.07) is 17.8. The lowest BCUT2D eigenvalue weighted by atomic mass is 9.88. The molecule has 0 aliphatic carbocycles. The van der Waals surface area contributed by atoms with Crippen LogP contribution in [0.1, 0.15) is 18.4 Å². The zero-order chi connectivity index (χ0) is 16.8. The van der Waals surface area contributed by atoms with Crippen molar-refractivity contribution in [3.8, 4) is 0 Å². The minimum absolute atomic E-state index is 0.179. The summed E-state index contributed by atoms with van der Waals surface area (Å²) < 4.78 is 13.9. The van der Waals surface area contributed by atoms with Gasteiger partial charge in [0, 0.05) is 25.7 Å². The average Bonchev–Trinajstić information content (AvgIpc) is 2.60. The monoisotopic (exact) mass is 324 g/mol. The minimum atomic E-state index is -0.179. The molecule has 1 fully saturated rings. The Balaban J connectivity index is 1.65. The maximum Gasteiger partial charge on any atom is 0.146 e. The number of nitrogens with zero attached hydrogens (tertiary/aromatic N) is 1. The highest BCUT2D eigenvalue weighted by molar-refractivity contribution is 5.45. The second-order valence-electron chi connectivity index (χ2n) is 6.52. The molecule has 1 aliphatic heterocycles. The number of halogens is 1. The standard InChI is InChI=1S/C21H25FN2/c1-2-8-18-16-24(15-17-9-4-3-5-10-17)14-13-20(18)23-21-12-7-6-11-19(21)22/h2-7,9-12,18,20,23H,1,8,13-16H2. The fourth-order valence-electron chi connectivity index (χ4n) is 3.51. The number of para-hydroxylation sites is 1. The molecule has 1 heterocycles. The van der Waals surface area contributed by atoms with Gasteiger partial charge < -0.3 is 5.32 Å². The van der Waals surface area contributed by atoms with Gasteiger partial charge in [-0.1, -0.05) is 48.5 Å². The first-order valence-corrected chi connectivity index (χ1v) is 8.64. The summed E-state index contributed by atoms with van der Waals surface area (Å²) in [5, 5.41) is 3.42. The molecule has 1 aliphatic rings. The zero-order valence-corrected chi connectivity index (χ0v) is 14.0. The van der Waals surface area contributed by atoms with Crippen molar-refractivity contribution in [1.29, 1.82) is 0 Å². The molecule has 3 rings (SSSR count). The van der Waals surface area contributed by atoms with Gasteiger partial charge in [-0.15, -0.1) is 6.58 Å². The van der Waals surface area contributed by atoms with Crippen LogP contribution < -0.4 is 5.32 Å². The SMILES string of the molecule is C=CCC1CN(Cc2ccccc2)CCC1Nc1ccccc1F. The Morgan fingerprint density at radius 2 is 1.88 bits per heavy atom. The third-order valence-corrected chi connectivity index (χ3v) is 4.75. The van der Waals surface area contributed by atoms with Crippen LogP contribution in [0.3, 0.4) is 0 Å². The first kappa shape index (κ1) is 16.7. The van der Waals surface area contributed by atoms with Gasteiger partial charge >= 0.3 is 0 Å². The van der Waals surface area contributed by atoms with Gasteiger partial charge in [0.15, 0.2) is 0 Å². The number of benzene rings is 2. The van der Waals surface area contributed by atoms with Crippen LogP contribution >= 0.6 is 0 Å². The lowest BCUT2D eigenvalue weighted by Crippen LogP contribution is -2.46. The van der Waals surface area contributed by atoms with Crippen molar-refractivity contribution in [2.75, 3.05) is 18.4 Å². The third-order valence-electron chi connectivity index (χ3n) is 4.75. The highest BCUT2D eigenvalue weighted by Crippen LogP contribution is 2.26. The quantitative estimate of drug-likeness (QED) is 0.775. The molecule has 24 heavy (non-hydrogen) atoms. The molecule has 126 valence electrons. The number of hydrogen-bond donors (Lipinski definition) is 1. The van der Waals surface area contributed by atoms with Gasteiger partial charge in [0.25, 0.3) is 0 Å². The Morgan fingerprint density at radius 3 is 2.62 bits per heavy atom. The maximum atomic E-state index is 13.9. The Hall–Kier alpha value is -2.13. The Kier molecular flexibility index (Phi) is 5.65. The van der Waals surface area contributed by atoms with E-state index in [1.807, 2.05) is 18.2 Å². The van der Waals surface area contributed by atoms with E-state index >= 15 is 0 Å². The van der Waals surface area contributed by atoms with Crippen molar-refractivity contribution in [2.45, 2.75) is 25.4 Å². The Labute approximate surface area is 144 Å². The summed E-state index contributed by atoms with van der Waals surface area (Å²) in [5.74, 6) is 0.265. The van der Waals surface area contributed by atoms with Crippen molar-refractivity contribution < 1.29 is 4.39 Å². The van der Waals surface area contributed by atoms with E-state index in [1.165, 1.54) is 11.6 Å². The molecule has 0 saturated carbocycles.